The highest BCUT2D eigenvalue weighted by Gasteiger charge is 2.26. The molecule has 0 bridgehead atoms. The van der Waals surface area contributed by atoms with Gasteiger partial charge in [0.05, 0.1) is 6.10 Å². The fraction of sp³-hybridized carbons (Fsp3) is 0.923. The fourth-order valence-electron chi connectivity index (χ4n) is 2.23. The average Bonchev–Trinajstić information content (AvgIpc) is 3.10. The minimum Gasteiger partial charge on any atom is -0.378 e. The van der Waals surface area contributed by atoms with Gasteiger partial charge < -0.3 is 15.4 Å². The van der Waals surface area contributed by atoms with Gasteiger partial charge in [-0.05, 0) is 38.5 Å². The summed E-state index contributed by atoms with van der Waals surface area (Å²) in [6, 6.07) is -0.0358. The summed E-state index contributed by atoms with van der Waals surface area (Å²) in [7, 11) is 0. The molecule has 1 amide bonds. The summed E-state index contributed by atoms with van der Waals surface area (Å²) >= 11 is 0. The Morgan fingerprint density at radius 1 is 1.33 bits per heavy atom. The molecular formula is C13H25ClN2O2. The molecule has 2 fully saturated rings. The molecule has 1 atom stereocenters. The lowest BCUT2D eigenvalue weighted by atomic mass is 10.1. The second kappa shape index (κ2) is 7.31. The Bertz CT molecular complexity index is 262. The topological polar surface area (TPSA) is 55.6 Å². The number of likely N-dealkylation sites (tertiary alicyclic amines) is 1. The number of hydrogen-bond acceptors (Lipinski definition) is 3. The number of amides is 1. The van der Waals surface area contributed by atoms with E-state index in [1.54, 1.807) is 0 Å². The lowest BCUT2D eigenvalue weighted by molar-refractivity contribution is -0.134. The summed E-state index contributed by atoms with van der Waals surface area (Å²) in [5, 5.41) is 0. The Hall–Kier alpha value is -0.320. The Kier molecular flexibility index (Phi) is 6.39. The SMILES string of the molecule is CC(N)CC(=O)N1CCC(OCC2CC2)CC1.Cl. The van der Waals surface area contributed by atoms with Crippen molar-refractivity contribution in [3.05, 3.63) is 0 Å². The number of piperidine rings is 1. The van der Waals surface area contributed by atoms with E-state index in [1.165, 1.54) is 12.8 Å². The van der Waals surface area contributed by atoms with Gasteiger partial charge in [0.1, 0.15) is 0 Å². The molecule has 1 heterocycles. The first kappa shape index (κ1) is 15.7. The third-order valence-electron chi connectivity index (χ3n) is 3.56. The standard InChI is InChI=1S/C13H24N2O2.ClH/c1-10(14)8-13(16)15-6-4-12(5-7-15)17-9-11-2-3-11;/h10-12H,2-9,14H2,1H3;1H. The summed E-state index contributed by atoms with van der Waals surface area (Å²) in [5.74, 6) is 1.02. The lowest BCUT2D eigenvalue weighted by Crippen LogP contribution is -2.42. The number of carbonyl (C=O) groups is 1. The molecule has 106 valence electrons. The molecule has 0 aromatic heterocycles. The molecule has 18 heavy (non-hydrogen) atoms. The van der Waals surface area contributed by atoms with E-state index in [4.69, 9.17) is 10.5 Å². The number of ether oxygens (including phenoxy) is 1. The van der Waals surface area contributed by atoms with Crippen molar-refractivity contribution in [2.75, 3.05) is 19.7 Å². The van der Waals surface area contributed by atoms with E-state index in [2.05, 4.69) is 0 Å². The molecule has 1 unspecified atom stereocenters. The van der Waals surface area contributed by atoms with Crippen LogP contribution in [0.2, 0.25) is 0 Å². The van der Waals surface area contributed by atoms with Gasteiger partial charge in [-0.2, -0.15) is 0 Å². The molecule has 1 saturated heterocycles. The van der Waals surface area contributed by atoms with Crippen LogP contribution in [-0.2, 0) is 9.53 Å². The van der Waals surface area contributed by atoms with E-state index in [9.17, 15) is 4.79 Å². The van der Waals surface area contributed by atoms with Crippen molar-refractivity contribution < 1.29 is 9.53 Å². The summed E-state index contributed by atoms with van der Waals surface area (Å²) in [5.41, 5.74) is 5.64. The maximum Gasteiger partial charge on any atom is 0.224 e. The van der Waals surface area contributed by atoms with Gasteiger partial charge in [-0.3, -0.25) is 4.79 Å². The minimum absolute atomic E-state index is 0. The Labute approximate surface area is 116 Å². The minimum atomic E-state index is -0.0358. The largest absolute Gasteiger partial charge is 0.378 e. The molecule has 2 N–H and O–H groups in total. The highest BCUT2D eigenvalue weighted by Crippen LogP contribution is 2.30. The second-order valence-electron chi connectivity index (χ2n) is 5.54. The molecule has 0 aromatic rings. The number of carbonyl (C=O) groups excluding carboxylic acids is 1. The van der Waals surface area contributed by atoms with E-state index >= 15 is 0 Å². The number of rotatable bonds is 5. The quantitative estimate of drug-likeness (QED) is 0.829. The second-order valence-corrected chi connectivity index (χ2v) is 5.54. The highest BCUT2D eigenvalue weighted by atomic mass is 35.5. The van der Waals surface area contributed by atoms with Crippen LogP contribution in [0.1, 0.15) is 39.0 Å². The molecule has 1 saturated carbocycles. The molecule has 1 aliphatic carbocycles. The smallest absolute Gasteiger partial charge is 0.224 e. The zero-order chi connectivity index (χ0) is 12.3. The van der Waals surface area contributed by atoms with Crippen LogP contribution >= 0.6 is 12.4 Å². The van der Waals surface area contributed by atoms with Crippen LogP contribution in [0.5, 0.6) is 0 Å². The third-order valence-corrected chi connectivity index (χ3v) is 3.56. The van der Waals surface area contributed by atoms with E-state index in [0.29, 0.717) is 12.5 Å². The van der Waals surface area contributed by atoms with Gasteiger partial charge in [0.25, 0.3) is 0 Å². The zero-order valence-electron chi connectivity index (χ0n) is 11.1. The van der Waals surface area contributed by atoms with Crippen LogP contribution in [-0.4, -0.2) is 42.6 Å². The number of halogens is 1. The van der Waals surface area contributed by atoms with Crippen LogP contribution < -0.4 is 5.73 Å². The van der Waals surface area contributed by atoms with Gasteiger partial charge in [-0.25, -0.2) is 0 Å². The number of nitrogens with two attached hydrogens (primary N) is 1. The summed E-state index contributed by atoms with van der Waals surface area (Å²) in [4.78, 5) is 13.7. The molecule has 4 nitrogen and oxygen atoms in total. The highest BCUT2D eigenvalue weighted by molar-refractivity contribution is 5.85. The molecule has 1 aliphatic heterocycles. The first-order valence-electron chi connectivity index (χ1n) is 6.80. The molecule has 2 aliphatic rings. The summed E-state index contributed by atoms with van der Waals surface area (Å²) in [6.45, 7) is 4.48. The van der Waals surface area contributed by atoms with Crippen molar-refractivity contribution >= 4 is 18.3 Å². The average molecular weight is 277 g/mol. The summed E-state index contributed by atoms with van der Waals surface area (Å²) < 4.78 is 5.85. The number of hydrogen-bond donors (Lipinski definition) is 1. The number of nitrogens with zero attached hydrogens (tertiary/aromatic N) is 1. The van der Waals surface area contributed by atoms with Gasteiger partial charge in [0, 0.05) is 32.2 Å². The third kappa shape index (κ3) is 5.12. The van der Waals surface area contributed by atoms with Crippen molar-refractivity contribution in [1.29, 1.82) is 0 Å². The first-order chi connectivity index (χ1) is 8.15. The molecule has 2 rings (SSSR count). The van der Waals surface area contributed by atoms with Gasteiger partial charge in [-0.15, -0.1) is 12.4 Å². The van der Waals surface area contributed by atoms with Crippen molar-refractivity contribution in [3.63, 3.8) is 0 Å². The van der Waals surface area contributed by atoms with E-state index in [0.717, 1.165) is 38.5 Å². The molecule has 0 spiro atoms. The van der Waals surface area contributed by atoms with Gasteiger partial charge in [-0.1, -0.05) is 0 Å². The summed E-state index contributed by atoms with van der Waals surface area (Å²) in [6.07, 6.45) is 5.48. The van der Waals surface area contributed by atoms with Crippen LogP contribution in [0, 0.1) is 5.92 Å². The van der Waals surface area contributed by atoms with E-state index in [1.807, 2.05) is 11.8 Å². The predicted molar refractivity (Wildman–Crippen MR) is 73.8 cm³/mol. The first-order valence-corrected chi connectivity index (χ1v) is 6.80. The van der Waals surface area contributed by atoms with Crippen LogP contribution in [0.25, 0.3) is 0 Å². The van der Waals surface area contributed by atoms with Gasteiger partial charge in [0.15, 0.2) is 0 Å². The fourth-order valence-corrected chi connectivity index (χ4v) is 2.23. The van der Waals surface area contributed by atoms with Gasteiger partial charge in [0.2, 0.25) is 5.91 Å². The van der Waals surface area contributed by atoms with Crippen LogP contribution in [0.15, 0.2) is 0 Å². The Morgan fingerprint density at radius 3 is 2.44 bits per heavy atom. The Morgan fingerprint density at radius 2 is 1.94 bits per heavy atom. The van der Waals surface area contributed by atoms with Crippen LogP contribution in [0.3, 0.4) is 0 Å². The van der Waals surface area contributed by atoms with Crippen LogP contribution in [0.4, 0.5) is 0 Å². The molecule has 0 radical (unpaired) electrons. The zero-order valence-corrected chi connectivity index (χ0v) is 12.0. The molecule has 5 heteroatoms. The maximum absolute atomic E-state index is 11.8. The van der Waals surface area contributed by atoms with Crippen molar-refractivity contribution in [2.45, 2.75) is 51.2 Å². The van der Waals surface area contributed by atoms with E-state index in [-0.39, 0.29) is 24.4 Å². The normalized spacial score (nSPS) is 22.4. The van der Waals surface area contributed by atoms with Crippen molar-refractivity contribution in [3.8, 4) is 0 Å². The molecular weight excluding hydrogens is 252 g/mol. The van der Waals surface area contributed by atoms with Gasteiger partial charge >= 0.3 is 0 Å². The predicted octanol–water partition coefficient (Wildman–Crippen LogP) is 1.56. The maximum atomic E-state index is 11.8. The molecule has 0 aromatic carbocycles. The Balaban J connectivity index is 0.00000162. The lowest BCUT2D eigenvalue weighted by Gasteiger charge is -2.32. The monoisotopic (exact) mass is 276 g/mol. The van der Waals surface area contributed by atoms with Crippen molar-refractivity contribution in [1.82, 2.24) is 4.90 Å². The van der Waals surface area contributed by atoms with Crippen molar-refractivity contribution in [2.24, 2.45) is 11.7 Å². The van der Waals surface area contributed by atoms with E-state index < -0.39 is 0 Å².